The lowest BCUT2D eigenvalue weighted by atomic mass is 10.2. The molecule has 33 heavy (non-hydrogen) atoms. The van der Waals surface area contributed by atoms with E-state index in [1.165, 1.54) is 0 Å². The fourth-order valence-corrected chi connectivity index (χ4v) is 3.40. The maximum absolute atomic E-state index is 12.2. The summed E-state index contributed by atoms with van der Waals surface area (Å²) < 4.78 is 16.5. The third kappa shape index (κ3) is 10.2. The summed E-state index contributed by atoms with van der Waals surface area (Å²) >= 11 is 0. The summed E-state index contributed by atoms with van der Waals surface area (Å²) in [4.78, 5) is 14.6. The molecular formula is C24H35Cl2N3O4. The van der Waals surface area contributed by atoms with E-state index in [9.17, 15) is 4.79 Å². The van der Waals surface area contributed by atoms with Crippen molar-refractivity contribution in [3.05, 3.63) is 53.6 Å². The molecule has 184 valence electrons. The Morgan fingerprint density at radius 1 is 1.06 bits per heavy atom. The highest BCUT2D eigenvalue weighted by Gasteiger charge is 2.10. The van der Waals surface area contributed by atoms with E-state index < -0.39 is 0 Å². The number of anilines is 1. The van der Waals surface area contributed by atoms with Gasteiger partial charge in [-0.3, -0.25) is 9.69 Å². The van der Waals surface area contributed by atoms with Gasteiger partial charge in [0.25, 0.3) is 5.91 Å². The molecular weight excluding hydrogens is 465 g/mol. The molecule has 2 aromatic carbocycles. The van der Waals surface area contributed by atoms with E-state index in [1.807, 2.05) is 49.4 Å². The molecule has 0 aliphatic carbocycles. The van der Waals surface area contributed by atoms with Crippen LogP contribution >= 0.6 is 24.8 Å². The molecule has 0 atom stereocenters. The lowest BCUT2D eigenvalue weighted by Gasteiger charge is -2.26. The third-order valence-corrected chi connectivity index (χ3v) is 5.18. The first-order valence-corrected chi connectivity index (χ1v) is 10.8. The van der Waals surface area contributed by atoms with Crippen molar-refractivity contribution in [2.24, 2.45) is 0 Å². The minimum atomic E-state index is -0.211. The molecule has 0 radical (unpaired) electrons. The van der Waals surface area contributed by atoms with Gasteiger partial charge in [0, 0.05) is 25.3 Å². The topological polar surface area (TPSA) is 72.1 Å². The average molecular weight is 500 g/mol. The van der Waals surface area contributed by atoms with E-state index in [4.69, 9.17) is 14.2 Å². The van der Waals surface area contributed by atoms with Crippen LogP contribution in [0.1, 0.15) is 17.5 Å². The number of benzene rings is 2. The molecule has 1 heterocycles. The van der Waals surface area contributed by atoms with E-state index >= 15 is 0 Å². The SMILES string of the molecule is COc1cc(CNCCCN2CCOCC2)ccc1OCC(=O)Nc1ccc(C)cc1.Cl.Cl. The molecule has 1 amide bonds. The van der Waals surface area contributed by atoms with Crippen molar-refractivity contribution in [2.75, 3.05) is 58.4 Å². The zero-order valence-electron chi connectivity index (χ0n) is 19.3. The Morgan fingerprint density at radius 3 is 2.48 bits per heavy atom. The van der Waals surface area contributed by atoms with Gasteiger partial charge in [0.15, 0.2) is 18.1 Å². The van der Waals surface area contributed by atoms with Crippen LogP contribution in [-0.2, 0) is 16.1 Å². The monoisotopic (exact) mass is 499 g/mol. The highest BCUT2D eigenvalue weighted by atomic mass is 35.5. The third-order valence-electron chi connectivity index (χ3n) is 5.18. The summed E-state index contributed by atoms with van der Waals surface area (Å²) in [7, 11) is 1.61. The normalized spacial score (nSPS) is 13.4. The summed E-state index contributed by atoms with van der Waals surface area (Å²) in [5.74, 6) is 0.963. The molecule has 1 aliphatic heterocycles. The predicted octanol–water partition coefficient (Wildman–Crippen LogP) is 3.68. The molecule has 1 aliphatic rings. The molecule has 7 nitrogen and oxygen atoms in total. The van der Waals surface area contributed by atoms with Crippen LogP contribution in [-0.4, -0.2) is 63.9 Å². The van der Waals surface area contributed by atoms with Crippen molar-refractivity contribution in [1.82, 2.24) is 10.2 Å². The second-order valence-electron chi connectivity index (χ2n) is 7.67. The Labute approximate surface area is 209 Å². The molecule has 0 bridgehead atoms. The van der Waals surface area contributed by atoms with Crippen LogP contribution in [0.5, 0.6) is 11.5 Å². The van der Waals surface area contributed by atoms with Gasteiger partial charge in [-0.05, 0) is 56.3 Å². The van der Waals surface area contributed by atoms with Gasteiger partial charge < -0.3 is 24.8 Å². The predicted molar refractivity (Wildman–Crippen MR) is 136 cm³/mol. The number of aryl methyl sites for hydroxylation is 1. The van der Waals surface area contributed by atoms with Crippen LogP contribution < -0.4 is 20.1 Å². The number of methoxy groups -OCH3 is 1. The van der Waals surface area contributed by atoms with Gasteiger partial charge in [0.2, 0.25) is 0 Å². The highest BCUT2D eigenvalue weighted by Crippen LogP contribution is 2.28. The first kappa shape index (κ1) is 29.0. The zero-order valence-corrected chi connectivity index (χ0v) is 20.9. The Kier molecular flexibility index (Phi) is 13.8. The van der Waals surface area contributed by atoms with Crippen LogP contribution in [0.2, 0.25) is 0 Å². The van der Waals surface area contributed by atoms with Crippen molar-refractivity contribution in [3.8, 4) is 11.5 Å². The molecule has 0 unspecified atom stereocenters. The smallest absolute Gasteiger partial charge is 0.262 e. The van der Waals surface area contributed by atoms with Gasteiger partial charge in [-0.2, -0.15) is 0 Å². The van der Waals surface area contributed by atoms with Gasteiger partial charge in [0.1, 0.15) is 0 Å². The minimum absolute atomic E-state index is 0. The van der Waals surface area contributed by atoms with Crippen LogP contribution in [0, 0.1) is 6.92 Å². The molecule has 3 rings (SSSR count). The summed E-state index contributed by atoms with van der Waals surface area (Å²) in [6.45, 7) is 8.48. The Hall–Kier alpha value is -2.03. The van der Waals surface area contributed by atoms with E-state index in [1.54, 1.807) is 7.11 Å². The highest BCUT2D eigenvalue weighted by molar-refractivity contribution is 5.91. The molecule has 0 aromatic heterocycles. The standard InChI is InChI=1S/C24H33N3O4.2ClH/c1-19-4-7-21(8-5-19)26-24(28)18-31-22-9-6-20(16-23(22)29-2)17-25-10-3-11-27-12-14-30-15-13-27;;/h4-9,16,25H,3,10-15,17-18H2,1-2H3,(H,26,28);2*1H. The fraction of sp³-hybridized carbons (Fsp3) is 0.458. The van der Waals surface area contributed by atoms with Crippen molar-refractivity contribution >= 4 is 36.4 Å². The van der Waals surface area contributed by atoms with Crippen molar-refractivity contribution in [1.29, 1.82) is 0 Å². The molecule has 2 N–H and O–H groups in total. The first-order valence-electron chi connectivity index (χ1n) is 10.8. The molecule has 9 heteroatoms. The summed E-state index contributed by atoms with van der Waals surface area (Å²) in [5, 5.41) is 6.30. The molecule has 1 saturated heterocycles. The van der Waals surface area contributed by atoms with Gasteiger partial charge in [-0.15, -0.1) is 24.8 Å². The molecule has 1 fully saturated rings. The van der Waals surface area contributed by atoms with Gasteiger partial charge in [-0.1, -0.05) is 23.8 Å². The van der Waals surface area contributed by atoms with Crippen LogP contribution in [0.25, 0.3) is 0 Å². The largest absolute Gasteiger partial charge is 0.493 e. The first-order chi connectivity index (χ1) is 15.1. The van der Waals surface area contributed by atoms with Crippen LogP contribution in [0.4, 0.5) is 5.69 Å². The van der Waals surface area contributed by atoms with E-state index in [-0.39, 0.29) is 37.3 Å². The quantitative estimate of drug-likeness (QED) is 0.459. The summed E-state index contributed by atoms with van der Waals surface area (Å²) in [6, 6.07) is 13.4. The zero-order chi connectivity index (χ0) is 21.9. The van der Waals surface area contributed by atoms with Crippen molar-refractivity contribution < 1.29 is 19.0 Å². The lowest BCUT2D eigenvalue weighted by Crippen LogP contribution is -2.37. The van der Waals surface area contributed by atoms with Crippen molar-refractivity contribution in [2.45, 2.75) is 19.9 Å². The van der Waals surface area contributed by atoms with Crippen LogP contribution in [0.3, 0.4) is 0 Å². The number of ether oxygens (including phenoxy) is 3. The second-order valence-corrected chi connectivity index (χ2v) is 7.67. The maximum Gasteiger partial charge on any atom is 0.262 e. The van der Waals surface area contributed by atoms with Gasteiger partial charge in [-0.25, -0.2) is 0 Å². The molecule has 0 spiro atoms. The fourth-order valence-electron chi connectivity index (χ4n) is 3.40. The summed E-state index contributed by atoms with van der Waals surface area (Å²) in [5.41, 5.74) is 3.01. The van der Waals surface area contributed by atoms with E-state index in [0.717, 1.165) is 69.2 Å². The Bertz CT molecular complexity index is 831. The number of halogens is 2. The summed E-state index contributed by atoms with van der Waals surface area (Å²) in [6.07, 6.45) is 1.11. The number of carbonyl (C=O) groups is 1. The number of morpholine rings is 1. The number of amides is 1. The number of hydrogen-bond donors (Lipinski definition) is 2. The number of rotatable bonds is 11. The Morgan fingerprint density at radius 2 is 1.79 bits per heavy atom. The van der Waals surface area contributed by atoms with Crippen LogP contribution in [0.15, 0.2) is 42.5 Å². The second kappa shape index (κ2) is 15.7. The van der Waals surface area contributed by atoms with E-state index in [0.29, 0.717) is 11.5 Å². The molecule has 2 aromatic rings. The van der Waals surface area contributed by atoms with Gasteiger partial charge in [0.05, 0.1) is 20.3 Å². The maximum atomic E-state index is 12.2. The molecule has 0 saturated carbocycles. The number of carbonyl (C=O) groups excluding carboxylic acids is 1. The van der Waals surface area contributed by atoms with Crippen molar-refractivity contribution in [3.63, 3.8) is 0 Å². The Balaban J connectivity index is 0.00000272. The number of nitrogens with zero attached hydrogens (tertiary/aromatic N) is 1. The minimum Gasteiger partial charge on any atom is -0.493 e. The number of nitrogens with one attached hydrogen (secondary N) is 2. The lowest BCUT2D eigenvalue weighted by molar-refractivity contribution is -0.118. The average Bonchev–Trinajstić information content (AvgIpc) is 2.80. The number of hydrogen-bond acceptors (Lipinski definition) is 6. The van der Waals surface area contributed by atoms with Gasteiger partial charge >= 0.3 is 0 Å². The van der Waals surface area contributed by atoms with E-state index in [2.05, 4.69) is 15.5 Å².